The molecule has 2 rings (SSSR count). The van der Waals surface area contributed by atoms with Gasteiger partial charge < -0.3 is 21.2 Å². The second-order valence-corrected chi connectivity index (χ2v) is 5.64. The Morgan fingerprint density at radius 3 is 2.52 bits per heavy atom. The van der Waals surface area contributed by atoms with Gasteiger partial charge in [-0.3, -0.25) is 4.79 Å². The van der Waals surface area contributed by atoms with Crippen LogP contribution in [0.5, 0.6) is 0 Å². The van der Waals surface area contributed by atoms with Gasteiger partial charge in [0.15, 0.2) is 0 Å². The van der Waals surface area contributed by atoms with Crippen LogP contribution < -0.4 is 16.4 Å². The maximum absolute atomic E-state index is 12.0. The van der Waals surface area contributed by atoms with Gasteiger partial charge in [0.25, 0.3) is 0 Å². The van der Waals surface area contributed by atoms with Crippen molar-refractivity contribution in [2.75, 3.05) is 17.6 Å². The maximum Gasteiger partial charge on any atom is 0.248 e. The molecule has 1 amide bonds. The number of rotatable bonds is 8. The minimum Gasteiger partial charge on any atom is -0.397 e. The number of nitrogens with two attached hydrogens (primary N) is 1. The molecular weight excluding hydrogens is 314 g/mol. The van der Waals surface area contributed by atoms with Crippen molar-refractivity contribution in [3.63, 3.8) is 0 Å². The molecule has 4 N–H and O–H groups in total. The Labute approximate surface area is 147 Å². The number of benzene rings is 2. The van der Waals surface area contributed by atoms with Crippen LogP contribution >= 0.6 is 0 Å². The number of carbonyl (C=O) groups excluding carboxylic acids is 2. The SMILES string of the molecule is CCCNC(C=O)c1ccc(/C=C/C(=O)Nc2ccccc2N)cc1. The van der Waals surface area contributed by atoms with E-state index in [-0.39, 0.29) is 11.9 Å². The topological polar surface area (TPSA) is 84.2 Å². The second-order valence-electron chi connectivity index (χ2n) is 5.64. The molecule has 0 saturated carbocycles. The lowest BCUT2D eigenvalue weighted by Gasteiger charge is -2.12. The van der Waals surface area contributed by atoms with E-state index in [1.807, 2.05) is 36.4 Å². The van der Waals surface area contributed by atoms with E-state index < -0.39 is 0 Å². The molecule has 0 bridgehead atoms. The van der Waals surface area contributed by atoms with Crippen LogP contribution in [0.15, 0.2) is 54.6 Å². The number of amides is 1. The first-order chi connectivity index (χ1) is 12.1. The van der Waals surface area contributed by atoms with Crippen LogP contribution in [-0.4, -0.2) is 18.7 Å². The number of hydrogen-bond donors (Lipinski definition) is 3. The fourth-order valence-electron chi connectivity index (χ4n) is 2.32. The third-order valence-electron chi connectivity index (χ3n) is 3.69. The average Bonchev–Trinajstić information content (AvgIpc) is 2.63. The summed E-state index contributed by atoms with van der Waals surface area (Å²) in [6.07, 6.45) is 5.03. The first-order valence-corrected chi connectivity index (χ1v) is 8.26. The van der Waals surface area contributed by atoms with Crippen molar-refractivity contribution in [3.8, 4) is 0 Å². The van der Waals surface area contributed by atoms with Gasteiger partial charge in [0.05, 0.1) is 17.4 Å². The summed E-state index contributed by atoms with van der Waals surface area (Å²) in [7, 11) is 0. The molecule has 0 aliphatic carbocycles. The number of nitrogen functional groups attached to an aromatic ring is 1. The van der Waals surface area contributed by atoms with Crippen LogP contribution in [0.25, 0.3) is 6.08 Å². The van der Waals surface area contributed by atoms with Crippen LogP contribution in [0.2, 0.25) is 0 Å². The largest absolute Gasteiger partial charge is 0.397 e. The Hall–Kier alpha value is -2.92. The number of nitrogens with one attached hydrogen (secondary N) is 2. The zero-order valence-electron chi connectivity index (χ0n) is 14.2. The molecule has 1 unspecified atom stereocenters. The molecule has 5 nitrogen and oxygen atoms in total. The standard InChI is InChI=1S/C20H23N3O2/c1-2-13-22-19(14-24)16-10-7-15(8-11-16)9-12-20(25)23-18-6-4-3-5-17(18)21/h3-12,14,19,22H,2,13,21H2,1H3,(H,23,25)/b12-9+. The summed E-state index contributed by atoms with van der Waals surface area (Å²) in [6.45, 7) is 2.84. The number of aldehydes is 1. The highest BCUT2D eigenvalue weighted by Crippen LogP contribution is 2.17. The summed E-state index contributed by atoms with van der Waals surface area (Å²) in [4.78, 5) is 23.1. The van der Waals surface area contributed by atoms with Gasteiger partial charge in [0.1, 0.15) is 6.29 Å². The molecule has 2 aromatic carbocycles. The number of carbonyl (C=O) groups is 2. The molecule has 0 aliphatic rings. The molecule has 0 heterocycles. The first kappa shape index (κ1) is 18.4. The van der Waals surface area contributed by atoms with Crippen LogP contribution in [0.3, 0.4) is 0 Å². The molecule has 0 fully saturated rings. The minimum absolute atomic E-state index is 0.252. The van der Waals surface area contributed by atoms with Crippen molar-refractivity contribution < 1.29 is 9.59 Å². The Bertz CT molecular complexity index is 739. The summed E-state index contributed by atoms with van der Waals surface area (Å²) < 4.78 is 0. The molecule has 5 heteroatoms. The van der Waals surface area contributed by atoms with E-state index >= 15 is 0 Å². The van der Waals surface area contributed by atoms with E-state index in [0.717, 1.165) is 30.4 Å². The zero-order valence-corrected chi connectivity index (χ0v) is 14.2. The Morgan fingerprint density at radius 2 is 1.88 bits per heavy atom. The summed E-state index contributed by atoms with van der Waals surface area (Å²) in [6, 6.07) is 14.3. The van der Waals surface area contributed by atoms with Gasteiger partial charge in [0.2, 0.25) is 5.91 Å². The molecule has 0 saturated heterocycles. The molecule has 0 radical (unpaired) electrons. The third-order valence-corrected chi connectivity index (χ3v) is 3.69. The van der Waals surface area contributed by atoms with Crippen molar-refractivity contribution in [1.29, 1.82) is 0 Å². The van der Waals surface area contributed by atoms with Crippen LogP contribution in [0, 0.1) is 0 Å². The highest BCUT2D eigenvalue weighted by Gasteiger charge is 2.08. The zero-order chi connectivity index (χ0) is 18.1. The molecule has 130 valence electrons. The van der Waals surface area contributed by atoms with Gasteiger partial charge in [-0.15, -0.1) is 0 Å². The summed E-state index contributed by atoms with van der Waals surface area (Å²) >= 11 is 0. The van der Waals surface area contributed by atoms with Crippen LogP contribution in [0.4, 0.5) is 11.4 Å². The summed E-state index contributed by atoms with van der Waals surface area (Å²) in [5.41, 5.74) is 8.68. The Balaban J connectivity index is 1.98. The predicted molar refractivity (Wildman–Crippen MR) is 102 cm³/mol. The van der Waals surface area contributed by atoms with Crippen molar-refractivity contribution in [1.82, 2.24) is 5.32 Å². The van der Waals surface area contributed by atoms with Crippen LogP contribution in [-0.2, 0) is 9.59 Å². The fraction of sp³-hybridized carbons (Fsp3) is 0.200. The lowest BCUT2D eigenvalue weighted by atomic mass is 10.1. The van der Waals surface area contributed by atoms with Gasteiger partial charge in [-0.2, -0.15) is 0 Å². The Kier molecular flexibility index (Phi) is 6.92. The third kappa shape index (κ3) is 5.58. The van der Waals surface area contributed by atoms with E-state index in [1.54, 1.807) is 18.2 Å². The number of anilines is 2. The van der Waals surface area contributed by atoms with Gasteiger partial charge in [0, 0.05) is 6.08 Å². The summed E-state index contributed by atoms with van der Waals surface area (Å²) in [5, 5.41) is 5.91. The normalized spacial score (nSPS) is 12.0. The lowest BCUT2D eigenvalue weighted by Crippen LogP contribution is -2.23. The molecule has 25 heavy (non-hydrogen) atoms. The quantitative estimate of drug-likeness (QED) is 0.392. The van der Waals surface area contributed by atoms with Gasteiger partial charge in [-0.05, 0) is 42.3 Å². The average molecular weight is 337 g/mol. The highest BCUT2D eigenvalue weighted by molar-refractivity contribution is 6.03. The maximum atomic E-state index is 12.0. The predicted octanol–water partition coefficient (Wildman–Crippen LogP) is 3.16. The molecule has 2 aromatic rings. The van der Waals surface area contributed by atoms with Crippen molar-refractivity contribution >= 4 is 29.6 Å². The van der Waals surface area contributed by atoms with Crippen molar-refractivity contribution in [2.24, 2.45) is 0 Å². The van der Waals surface area contributed by atoms with E-state index in [0.29, 0.717) is 11.4 Å². The second kappa shape index (κ2) is 9.39. The molecule has 0 aliphatic heterocycles. The van der Waals surface area contributed by atoms with Crippen LogP contribution in [0.1, 0.15) is 30.5 Å². The van der Waals surface area contributed by atoms with E-state index in [4.69, 9.17) is 5.73 Å². The van der Waals surface area contributed by atoms with Gasteiger partial charge in [-0.25, -0.2) is 0 Å². The molecular formula is C20H23N3O2. The van der Waals surface area contributed by atoms with Gasteiger partial charge in [-0.1, -0.05) is 43.3 Å². The Morgan fingerprint density at radius 1 is 1.16 bits per heavy atom. The molecule has 1 atom stereocenters. The minimum atomic E-state index is -0.303. The first-order valence-electron chi connectivity index (χ1n) is 8.26. The lowest BCUT2D eigenvalue weighted by molar-refractivity contribution is -0.112. The van der Waals surface area contributed by atoms with Crippen molar-refractivity contribution in [2.45, 2.75) is 19.4 Å². The highest BCUT2D eigenvalue weighted by atomic mass is 16.1. The summed E-state index contributed by atoms with van der Waals surface area (Å²) in [5.74, 6) is -0.252. The number of para-hydroxylation sites is 2. The van der Waals surface area contributed by atoms with E-state index in [1.165, 1.54) is 6.08 Å². The van der Waals surface area contributed by atoms with E-state index in [2.05, 4.69) is 17.6 Å². The monoisotopic (exact) mass is 337 g/mol. The molecule has 0 aromatic heterocycles. The fourth-order valence-corrected chi connectivity index (χ4v) is 2.32. The van der Waals surface area contributed by atoms with E-state index in [9.17, 15) is 9.59 Å². The van der Waals surface area contributed by atoms with Gasteiger partial charge >= 0.3 is 0 Å². The number of hydrogen-bond acceptors (Lipinski definition) is 4. The smallest absolute Gasteiger partial charge is 0.248 e. The molecule has 0 spiro atoms. The van der Waals surface area contributed by atoms with Crippen molar-refractivity contribution in [3.05, 3.63) is 65.7 Å².